The highest BCUT2D eigenvalue weighted by atomic mass is 19.4. The van der Waals surface area contributed by atoms with Crippen molar-refractivity contribution in [2.75, 3.05) is 6.61 Å². The number of hydrogen-bond donors (Lipinski definition) is 0. The van der Waals surface area contributed by atoms with Crippen LogP contribution in [0, 0.1) is 0 Å². The minimum atomic E-state index is -5.50. The van der Waals surface area contributed by atoms with E-state index < -0.39 is 36.4 Å². The Kier molecular flexibility index (Phi) is 16.4. The zero-order valence-corrected chi connectivity index (χ0v) is 28.9. The number of rotatable bonds is 21. The minimum Gasteiger partial charge on any atom is -0.494 e. The van der Waals surface area contributed by atoms with Gasteiger partial charge in [0.1, 0.15) is 17.2 Å². The number of esters is 3. The van der Waals surface area contributed by atoms with E-state index in [0.29, 0.717) is 43.6 Å². The number of benzene rings is 3. The lowest BCUT2D eigenvalue weighted by atomic mass is 10.1. The first kappa shape index (κ1) is 40.9. The Balaban J connectivity index is 1.34. The second kappa shape index (κ2) is 20.4. The molecule has 0 radical (unpaired) electrons. The lowest BCUT2D eigenvalue weighted by Crippen LogP contribution is -2.36. The Morgan fingerprint density at radius 3 is 1.49 bits per heavy atom. The smallest absolute Gasteiger partial charge is 0.453 e. The molecular formula is C39H45F5O7. The van der Waals surface area contributed by atoms with Crippen LogP contribution in [0.5, 0.6) is 17.2 Å². The fraction of sp³-hybridized carbons (Fsp3) is 0.462. The van der Waals surface area contributed by atoms with Crippen LogP contribution < -0.4 is 14.2 Å². The average molecular weight is 721 g/mol. The molecule has 0 heterocycles. The molecule has 51 heavy (non-hydrogen) atoms. The summed E-state index contributed by atoms with van der Waals surface area (Å²) in [7, 11) is 0. The first-order chi connectivity index (χ1) is 24.3. The van der Waals surface area contributed by atoms with Gasteiger partial charge in [0.2, 0.25) is 0 Å². The maximum atomic E-state index is 12.9. The molecule has 1 atom stereocenters. The molecule has 0 saturated heterocycles. The van der Waals surface area contributed by atoms with E-state index in [1.165, 1.54) is 48.5 Å². The highest BCUT2D eigenvalue weighted by molar-refractivity contribution is 5.93. The van der Waals surface area contributed by atoms with Crippen LogP contribution in [0.1, 0.15) is 122 Å². The Morgan fingerprint density at radius 1 is 0.569 bits per heavy atom. The van der Waals surface area contributed by atoms with Crippen molar-refractivity contribution in [3.05, 3.63) is 89.5 Å². The summed E-state index contributed by atoms with van der Waals surface area (Å²) in [4.78, 5) is 37.7. The molecule has 0 spiro atoms. The second-order valence-electron chi connectivity index (χ2n) is 12.3. The zero-order valence-electron chi connectivity index (χ0n) is 28.9. The largest absolute Gasteiger partial charge is 0.494 e. The summed E-state index contributed by atoms with van der Waals surface area (Å²) < 4.78 is 84.3. The molecule has 1 unspecified atom stereocenters. The maximum Gasteiger partial charge on any atom is 0.453 e. The van der Waals surface area contributed by atoms with Gasteiger partial charge in [-0.15, -0.1) is 0 Å². The fourth-order valence-corrected chi connectivity index (χ4v) is 4.99. The normalized spacial score (nSPS) is 12.2. The molecule has 3 rings (SSSR count). The van der Waals surface area contributed by atoms with Gasteiger partial charge >= 0.3 is 30.0 Å². The van der Waals surface area contributed by atoms with E-state index in [1.807, 2.05) is 6.92 Å². The van der Waals surface area contributed by atoms with Gasteiger partial charge in [-0.1, -0.05) is 51.9 Å². The topological polar surface area (TPSA) is 88.1 Å². The molecule has 12 heteroatoms. The van der Waals surface area contributed by atoms with E-state index in [9.17, 15) is 36.3 Å². The predicted octanol–water partition coefficient (Wildman–Crippen LogP) is 10.9. The third-order valence-electron chi connectivity index (χ3n) is 8.03. The molecule has 0 aliphatic heterocycles. The molecule has 0 fully saturated rings. The molecular weight excluding hydrogens is 675 g/mol. The predicted molar refractivity (Wildman–Crippen MR) is 182 cm³/mol. The van der Waals surface area contributed by atoms with Crippen LogP contribution in [0.2, 0.25) is 0 Å². The van der Waals surface area contributed by atoms with Crippen LogP contribution in [0.25, 0.3) is 0 Å². The number of carbonyl (C=O) groups is 3. The van der Waals surface area contributed by atoms with Crippen molar-refractivity contribution >= 4 is 17.9 Å². The summed E-state index contributed by atoms with van der Waals surface area (Å²) in [6, 6.07) is 18.3. The molecule has 0 amide bonds. The molecule has 0 saturated carbocycles. The van der Waals surface area contributed by atoms with E-state index >= 15 is 0 Å². The summed E-state index contributed by atoms with van der Waals surface area (Å²) >= 11 is 0. The van der Waals surface area contributed by atoms with Crippen molar-refractivity contribution in [1.82, 2.24) is 0 Å². The van der Waals surface area contributed by atoms with Crippen LogP contribution in [0.4, 0.5) is 22.0 Å². The van der Waals surface area contributed by atoms with Gasteiger partial charge in [0.05, 0.1) is 29.4 Å². The third kappa shape index (κ3) is 14.3. The molecule has 0 bridgehead atoms. The summed E-state index contributed by atoms with van der Waals surface area (Å²) in [5.74, 6) is -5.33. The van der Waals surface area contributed by atoms with Crippen molar-refractivity contribution in [1.29, 1.82) is 0 Å². The van der Waals surface area contributed by atoms with Gasteiger partial charge in [0.15, 0.2) is 0 Å². The number of alkyl halides is 5. The summed E-state index contributed by atoms with van der Waals surface area (Å²) in [5, 5.41) is 0. The first-order valence-corrected chi connectivity index (χ1v) is 17.3. The van der Waals surface area contributed by atoms with Gasteiger partial charge in [0, 0.05) is 6.42 Å². The fourth-order valence-electron chi connectivity index (χ4n) is 4.99. The lowest BCUT2D eigenvalue weighted by molar-refractivity contribution is -0.284. The van der Waals surface area contributed by atoms with Crippen LogP contribution in [0.3, 0.4) is 0 Å². The molecule has 0 aromatic heterocycles. The summed E-state index contributed by atoms with van der Waals surface area (Å²) in [5.41, 5.74) is 0.854. The Morgan fingerprint density at radius 2 is 1.00 bits per heavy atom. The maximum absolute atomic E-state index is 12.9. The molecule has 7 nitrogen and oxygen atoms in total. The van der Waals surface area contributed by atoms with E-state index in [-0.39, 0.29) is 35.2 Å². The second-order valence-corrected chi connectivity index (χ2v) is 12.3. The zero-order chi connectivity index (χ0) is 37.3. The lowest BCUT2D eigenvalue weighted by Gasteiger charge is -2.19. The highest BCUT2D eigenvalue weighted by Gasteiger charge is 2.56. The van der Waals surface area contributed by atoms with Gasteiger partial charge in [-0.05, 0) is 105 Å². The molecule has 3 aromatic carbocycles. The standard InChI is InChI=1S/C39H45F5O7/c1-3-4-5-10-13-28(2)49-35(45)29-16-22-33(23-17-29)51-37(47)31-18-24-34(25-19-31)50-36(46)30-14-20-32(21-15-30)48-27-12-9-7-6-8-11-26-38(40,41)39(42,43)44/h14-25,28H,3-13,26-27H2,1-2H3. The Labute approximate surface area is 295 Å². The van der Waals surface area contributed by atoms with E-state index in [1.54, 1.807) is 24.3 Å². The summed E-state index contributed by atoms with van der Waals surface area (Å²) in [6.07, 6.45) is 1.11. The van der Waals surface area contributed by atoms with Crippen LogP contribution >= 0.6 is 0 Å². The van der Waals surface area contributed by atoms with E-state index in [2.05, 4.69) is 6.92 Å². The minimum absolute atomic E-state index is 0.186. The SMILES string of the molecule is CCCCCCC(C)OC(=O)c1ccc(OC(=O)c2ccc(OC(=O)c3ccc(OCCCCCCCCC(F)(F)C(F)(F)F)cc3)cc2)cc1. The molecule has 0 aliphatic carbocycles. The Bertz CT molecular complexity index is 1500. The van der Waals surface area contributed by atoms with Gasteiger partial charge in [-0.2, -0.15) is 22.0 Å². The molecule has 278 valence electrons. The molecule has 0 N–H and O–H groups in total. The van der Waals surface area contributed by atoms with Gasteiger partial charge in [-0.25, -0.2) is 14.4 Å². The number of halogens is 5. The van der Waals surface area contributed by atoms with Crippen LogP contribution in [0.15, 0.2) is 72.8 Å². The number of hydrogen-bond acceptors (Lipinski definition) is 7. The van der Waals surface area contributed by atoms with Crippen molar-refractivity contribution in [3.63, 3.8) is 0 Å². The van der Waals surface area contributed by atoms with Gasteiger partial charge in [0.25, 0.3) is 0 Å². The summed E-state index contributed by atoms with van der Waals surface area (Å²) in [6.45, 7) is 4.39. The van der Waals surface area contributed by atoms with Gasteiger partial charge in [-0.3, -0.25) is 0 Å². The Hall–Kier alpha value is -4.48. The number of carbonyl (C=O) groups excluding carboxylic acids is 3. The van der Waals surface area contributed by atoms with E-state index in [0.717, 1.165) is 38.5 Å². The average Bonchev–Trinajstić information content (AvgIpc) is 3.09. The first-order valence-electron chi connectivity index (χ1n) is 17.3. The third-order valence-corrected chi connectivity index (χ3v) is 8.03. The number of unbranched alkanes of at least 4 members (excludes halogenated alkanes) is 8. The van der Waals surface area contributed by atoms with Crippen molar-refractivity contribution < 1.29 is 55.3 Å². The highest BCUT2D eigenvalue weighted by Crippen LogP contribution is 2.39. The van der Waals surface area contributed by atoms with Crippen LogP contribution in [-0.2, 0) is 4.74 Å². The van der Waals surface area contributed by atoms with E-state index in [4.69, 9.17) is 18.9 Å². The number of ether oxygens (including phenoxy) is 4. The van der Waals surface area contributed by atoms with Crippen molar-refractivity contribution in [2.45, 2.75) is 109 Å². The quantitative estimate of drug-likeness (QED) is 0.0468. The van der Waals surface area contributed by atoms with Crippen molar-refractivity contribution in [2.24, 2.45) is 0 Å². The van der Waals surface area contributed by atoms with Crippen molar-refractivity contribution in [3.8, 4) is 17.2 Å². The monoisotopic (exact) mass is 720 g/mol. The molecule has 0 aliphatic rings. The van der Waals surface area contributed by atoms with Gasteiger partial charge < -0.3 is 18.9 Å². The van der Waals surface area contributed by atoms with Crippen LogP contribution in [-0.4, -0.2) is 42.7 Å². The molecule has 3 aromatic rings.